The minimum absolute atomic E-state index is 0.515. The Labute approximate surface area is 87.8 Å². The standard InChI is InChI=1S/C12H24N2/c1-12(2)7-4-3-5-11(12)14-10-6-8-13-9-10/h10-11,13-14H,3-9H2,1-2H3. The zero-order valence-electron chi connectivity index (χ0n) is 9.60. The van der Waals surface area contributed by atoms with E-state index in [0.717, 1.165) is 12.1 Å². The second-order valence-electron chi connectivity index (χ2n) is 5.64. The summed E-state index contributed by atoms with van der Waals surface area (Å²) in [5, 5.41) is 7.27. The third-order valence-electron chi connectivity index (χ3n) is 4.00. The second-order valence-corrected chi connectivity index (χ2v) is 5.64. The van der Waals surface area contributed by atoms with Crippen molar-refractivity contribution in [3.05, 3.63) is 0 Å². The van der Waals surface area contributed by atoms with Crippen molar-refractivity contribution in [2.24, 2.45) is 5.41 Å². The Balaban J connectivity index is 1.88. The van der Waals surface area contributed by atoms with E-state index in [9.17, 15) is 0 Å². The molecule has 2 fully saturated rings. The topological polar surface area (TPSA) is 24.1 Å². The van der Waals surface area contributed by atoms with Gasteiger partial charge in [-0.3, -0.25) is 0 Å². The Morgan fingerprint density at radius 2 is 2.07 bits per heavy atom. The molecule has 1 saturated carbocycles. The van der Waals surface area contributed by atoms with Gasteiger partial charge in [0.15, 0.2) is 0 Å². The van der Waals surface area contributed by atoms with Crippen molar-refractivity contribution < 1.29 is 0 Å². The van der Waals surface area contributed by atoms with Crippen LogP contribution in [0.1, 0.15) is 46.0 Å². The second kappa shape index (κ2) is 4.19. The van der Waals surface area contributed by atoms with Gasteiger partial charge in [-0.05, 0) is 31.2 Å². The molecule has 0 spiro atoms. The van der Waals surface area contributed by atoms with Crippen molar-refractivity contribution >= 4 is 0 Å². The Morgan fingerprint density at radius 3 is 2.71 bits per heavy atom. The fraction of sp³-hybridized carbons (Fsp3) is 1.00. The smallest absolute Gasteiger partial charge is 0.0207 e. The van der Waals surface area contributed by atoms with Crippen LogP contribution in [-0.4, -0.2) is 25.2 Å². The van der Waals surface area contributed by atoms with E-state index >= 15 is 0 Å². The molecule has 0 bridgehead atoms. The molecule has 2 atom stereocenters. The minimum Gasteiger partial charge on any atom is -0.315 e. The first-order valence-corrected chi connectivity index (χ1v) is 6.15. The van der Waals surface area contributed by atoms with Crippen molar-refractivity contribution in [3.63, 3.8) is 0 Å². The van der Waals surface area contributed by atoms with Gasteiger partial charge in [0, 0.05) is 18.6 Å². The molecule has 0 radical (unpaired) electrons. The Morgan fingerprint density at radius 1 is 1.21 bits per heavy atom. The highest BCUT2D eigenvalue weighted by Crippen LogP contribution is 2.35. The third kappa shape index (κ3) is 2.29. The summed E-state index contributed by atoms with van der Waals surface area (Å²) >= 11 is 0. The van der Waals surface area contributed by atoms with Crippen LogP contribution in [0.3, 0.4) is 0 Å². The van der Waals surface area contributed by atoms with Gasteiger partial charge in [-0.25, -0.2) is 0 Å². The van der Waals surface area contributed by atoms with E-state index in [1.165, 1.54) is 45.2 Å². The zero-order chi connectivity index (χ0) is 10.0. The van der Waals surface area contributed by atoms with Gasteiger partial charge in [0.1, 0.15) is 0 Å². The van der Waals surface area contributed by atoms with E-state index in [1.807, 2.05) is 0 Å². The summed E-state index contributed by atoms with van der Waals surface area (Å²) in [4.78, 5) is 0. The monoisotopic (exact) mass is 196 g/mol. The molecule has 2 rings (SSSR count). The van der Waals surface area contributed by atoms with E-state index in [2.05, 4.69) is 24.5 Å². The molecule has 2 unspecified atom stereocenters. The van der Waals surface area contributed by atoms with Gasteiger partial charge in [0.2, 0.25) is 0 Å². The summed E-state index contributed by atoms with van der Waals surface area (Å²) in [6, 6.07) is 1.48. The van der Waals surface area contributed by atoms with Crippen LogP contribution in [-0.2, 0) is 0 Å². The van der Waals surface area contributed by atoms with Gasteiger partial charge in [-0.2, -0.15) is 0 Å². The van der Waals surface area contributed by atoms with Gasteiger partial charge in [0.05, 0.1) is 0 Å². The quantitative estimate of drug-likeness (QED) is 0.705. The maximum atomic E-state index is 3.85. The summed E-state index contributed by atoms with van der Waals surface area (Å²) in [6.07, 6.45) is 6.93. The van der Waals surface area contributed by atoms with Gasteiger partial charge in [-0.15, -0.1) is 0 Å². The Bertz CT molecular complexity index is 183. The fourth-order valence-corrected chi connectivity index (χ4v) is 2.88. The van der Waals surface area contributed by atoms with Crippen molar-refractivity contribution in [1.82, 2.24) is 10.6 Å². The van der Waals surface area contributed by atoms with Gasteiger partial charge in [0.25, 0.3) is 0 Å². The molecule has 0 amide bonds. The molecule has 0 aromatic heterocycles. The summed E-state index contributed by atoms with van der Waals surface area (Å²) in [5.74, 6) is 0. The lowest BCUT2D eigenvalue weighted by molar-refractivity contribution is 0.157. The van der Waals surface area contributed by atoms with Gasteiger partial charge in [-0.1, -0.05) is 26.7 Å². The highest BCUT2D eigenvalue weighted by atomic mass is 15.1. The molecule has 1 saturated heterocycles. The number of hydrogen-bond acceptors (Lipinski definition) is 2. The first-order chi connectivity index (χ1) is 6.68. The Kier molecular flexibility index (Phi) is 3.13. The van der Waals surface area contributed by atoms with E-state index < -0.39 is 0 Å². The number of hydrogen-bond donors (Lipinski definition) is 2. The molecule has 1 aliphatic carbocycles. The van der Waals surface area contributed by atoms with Crippen LogP contribution in [0.4, 0.5) is 0 Å². The molecule has 2 heteroatoms. The minimum atomic E-state index is 0.515. The number of nitrogens with one attached hydrogen (secondary N) is 2. The highest BCUT2D eigenvalue weighted by Gasteiger charge is 2.33. The third-order valence-corrected chi connectivity index (χ3v) is 4.00. The predicted octanol–water partition coefficient (Wildman–Crippen LogP) is 1.91. The molecule has 82 valence electrons. The fourth-order valence-electron chi connectivity index (χ4n) is 2.88. The molecule has 14 heavy (non-hydrogen) atoms. The van der Waals surface area contributed by atoms with E-state index in [1.54, 1.807) is 0 Å². The van der Waals surface area contributed by atoms with Crippen LogP contribution in [0, 0.1) is 5.41 Å². The van der Waals surface area contributed by atoms with Gasteiger partial charge >= 0.3 is 0 Å². The van der Waals surface area contributed by atoms with Crippen LogP contribution in [0.15, 0.2) is 0 Å². The summed E-state index contributed by atoms with van der Waals surface area (Å²) in [7, 11) is 0. The lowest BCUT2D eigenvalue weighted by Gasteiger charge is -2.40. The maximum absolute atomic E-state index is 3.85. The van der Waals surface area contributed by atoms with Crippen LogP contribution in [0.2, 0.25) is 0 Å². The maximum Gasteiger partial charge on any atom is 0.0207 e. The summed E-state index contributed by atoms with van der Waals surface area (Å²) in [6.45, 7) is 7.22. The molecule has 1 aliphatic heterocycles. The predicted molar refractivity (Wildman–Crippen MR) is 60.4 cm³/mol. The van der Waals surface area contributed by atoms with E-state index in [4.69, 9.17) is 0 Å². The average Bonchev–Trinajstić information content (AvgIpc) is 2.61. The van der Waals surface area contributed by atoms with Crippen LogP contribution in [0.5, 0.6) is 0 Å². The molecular weight excluding hydrogens is 172 g/mol. The van der Waals surface area contributed by atoms with Crippen LogP contribution < -0.4 is 10.6 Å². The molecular formula is C12H24N2. The van der Waals surface area contributed by atoms with E-state index in [0.29, 0.717) is 5.41 Å². The SMILES string of the molecule is CC1(C)CCCCC1NC1CCNC1. The van der Waals surface area contributed by atoms with Crippen molar-refractivity contribution in [1.29, 1.82) is 0 Å². The molecule has 0 aromatic rings. The lowest BCUT2D eigenvalue weighted by Crippen LogP contribution is -2.49. The summed E-state index contributed by atoms with van der Waals surface area (Å²) in [5.41, 5.74) is 0.515. The molecule has 2 N–H and O–H groups in total. The molecule has 1 heterocycles. The lowest BCUT2D eigenvalue weighted by atomic mass is 9.73. The van der Waals surface area contributed by atoms with Crippen molar-refractivity contribution in [2.45, 2.75) is 58.0 Å². The van der Waals surface area contributed by atoms with Crippen LogP contribution >= 0.6 is 0 Å². The van der Waals surface area contributed by atoms with Crippen molar-refractivity contribution in [2.75, 3.05) is 13.1 Å². The molecule has 2 nitrogen and oxygen atoms in total. The average molecular weight is 196 g/mol. The van der Waals surface area contributed by atoms with Crippen LogP contribution in [0.25, 0.3) is 0 Å². The van der Waals surface area contributed by atoms with Gasteiger partial charge < -0.3 is 10.6 Å². The molecule has 2 aliphatic rings. The Hall–Kier alpha value is -0.0800. The molecule has 0 aromatic carbocycles. The van der Waals surface area contributed by atoms with E-state index in [-0.39, 0.29) is 0 Å². The van der Waals surface area contributed by atoms with Crippen molar-refractivity contribution in [3.8, 4) is 0 Å². The first-order valence-electron chi connectivity index (χ1n) is 6.15. The normalized spacial score (nSPS) is 37.3. The highest BCUT2D eigenvalue weighted by molar-refractivity contribution is 4.91. The first kappa shape index (κ1) is 10.4. The summed E-state index contributed by atoms with van der Waals surface area (Å²) < 4.78 is 0. The number of rotatable bonds is 2. The largest absolute Gasteiger partial charge is 0.315 e. The zero-order valence-corrected chi connectivity index (χ0v) is 9.60.